The number of nitrogens with zero attached hydrogens (tertiary/aromatic N) is 2. The van der Waals surface area contributed by atoms with Crippen LogP contribution in [0.3, 0.4) is 0 Å². The summed E-state index contributed by atoms with van der Waals surface area (Å²) in [7, 11) is 0. The summed E-state index contributed by atoms with van der Waals surface area (Å²) in [4.78, 5) is 27.4. The molecular weight excluding hydrogens is 242 g/mol. The van der Waals surface area contributed by atoms with Crippen molar-refractivity contribution in [1.29, 1.82) is 0 Å². The number of fused-ring (bicyclic) bond motifs is 1. The number of piperazine rings is 2. The van der Waals surface area contributed by atoms with E-state index in [-0.39, 0.29) is 24.4 Å². The zero-order chi connectivity index (χ0) is 13.4. The first kappa shape index (κ1) is 12.2. The number of hydrogen-bond donors (Lipinski definition) is 1. The molecule has 0 radical (unpaired) electrons. The topological polar surface area (TPSA) is 52.7 Å². The highest BCUT2D eigenvalue weighted by Crippen LogP contribution is 2.21. The van der Waals surface area contributed by atoms with Gasteiger partial charge in [-0.25, -0.2) is 0 Å². The molecular formula is C14H17N3O2. The van der Waals surface area contributed by atoms with Gasteiger partial charge in [0.05, 0.1) is 12.6 Å². The van der Waals surface area contributed by atoms with Crippen LogP contribution in [0.2, 0.25) is 0 Å². The summed E-state index contributed by atoms with van der Waals surface area (Å²) in [5.41, 5.74) is 2.08. The normalized spacial score (nSPS) is 23.5. The second-order valence-corrected chi connectivity index (χ2v) is 5.15. The molecule has 100 valence electrons. The van der Waals surface area contributed by atoms with Crippen LogP contribution in [-0.4, -0.2) is 48.9 Å². The second-order valence-electron chi connectivity index (χ2n) is 5.15. The molecule has 0 aliphatic carbocycles. The van der Waals surface area contributed by atoms with Crippen molar-refractivity contribution in [3.63, 3.8) is 0 Å². The second kappa shape index (κ2) is 4.66. The molecule has 0 aromatic heterocycles. The Kier molecular flexibility index (Phi) is 2.98. The van der Waals surface area contributed by atoms with Crippen LogP contribution in [0.1, 0.15) is 5.56 Å². The fourth-order valence-corrected chi connectivity index (χ4v) is 2.66. The van der Waals surface area contributed by atoms with Crippen LogP contribution in [0.25, 0.3) is 0 Å². The maximum Gasteiger partial charge on any atom is 0.246 e. The minimum Gasteiger partial charge on any atom is -0.326 e. The molecule has 1 N–H and O–H groups in total. The molecule has 1 aromatic carbocycles. The maximum absolute atomic E-state index is 12.2. The summed E-state index contributed by atoms with van der Waals surface area (Å²) in [6.45, 7) is 3.88. The zero-order valence-corrected chi connectivity index (χ0v) is 10.9. The lowest BCUT2D eigenvalue weighted by molar-refractivity contribution is -0.141. The molecule has 19 heavy (non-hydrogen) atoms. The minimum atomic E-state index is -0.00430. The van der Waals surface area contributed by atoms with Gasteiger partial charge in [-0.3, -0.25) is 9.59 Å². The monoisotopic (exact) mass is 259 g/mol. The van der Waals surface area contributed by atoms with Crippen molar-refractivity contribution in [2.45, 2.75) is 13.0 Å². The van der Waals surface area contributed by atoms with E-state index < -0.39 is 0 Å². The van der Waals surface area contributed by atoms with Crippen LogP contribution in [-0.2, 0) is 9.59 Å². The van der Waals surface area contributed by atoms with Crippen molar-refractivity contribution in [2.75, 3.05) is 31.1 Å². The highest BCUT2D eigenvalue weighted by Gasteiger charge is 2.37. The predicted octanol–water partition coefficient (Wildman–Crippen LogP) is 0.142. The Bertz CT molecular complexity index is 512. The average molecular weight is 259 g/mol. The van der Waals surface area contributed by atoms with Crippen LogP contribution in [0.5, 0.6) is 0 Å². The molecule has 1 aromatic rings. The molecule has 3 rings (SSSR count). The van der Waals surface area contributed by atoms with Crippen LogP contribution in [0.4, 0.5) is 5.69 Å². The van der Waals surface area contributed by atoms with Crippen molar-refractivity contribution >= 4 is 17.5 Å². The lowest BCUT2D eigenvalue weighted by Gasteiger charge is -2.43. The zero-order valence-electron chi connectivity index (χ0n) is 10.9. The molecule has 2 aliphatic rings. The molecule has 2 fully saturated rings. The summed E-state index contributed by atoms with van der Waals surface area (Å²) in [5.74, 6) is 0.0171. The molecule has 0 spiro atoms. The van der Waals surface area contributed by atoms with E-state index in [1.165, 1.54) is 5.56 Å². The highest BCUT2D eigenvalue weighted by atomic mass is 16.2. The van der Waals surface area contributed by atoms with E-state index in [0.717, 1.165) is 12.2 Å². The molecule has 0 saturated carbocycles. The van der Waals surface area contributed by atoms with Crippen molar-refractivity contribution in [3.8, 4) is 0 Å². The van der Waals surface area contributed by atoms with E-state index in [0.29, 0.717) is 13.1 Å². The van der Waals surface area contributed by atoms with E-state index in [9.17, 15) is 9.59 Å². The average Bonchev–Trinajstić information content (AvgIpc) is 2.40. The quantitative estimate of drug-likeness (QED) is 0.780. The number of amides is 2. The van der Waals surface area contributed by atoms with Crippen molar-refractivity contribution in [2.24, 2.45) is 0 Å². The summed E-state index contributed by atoms with van der Waals surface area (Å²) in [6, 6.07) is 8.00. The number of hydrogen-bond acceptors (Lipinski definition) is 3. The molecule has 2 saturated heterocycles. The third kappa shape index (κ3) is 2.21. The number of aryl methyl sites for hydroxylation is 1. The molecule has 5 nitrogen and oxygen atoms in total. The van der Waals surface area contributed by atoms with Crippen LogP contribution in [0, 0.1) is 6.92 Å². The SMILES string of the molecule is Cc1ccc(N2CC3CNCC(=O)N3CC2=O)cc1. The van der Waals surface area contributed by atoms with Gasteiger partial charge in [-0.2, -0.15) is 0 Å². The van der Waals surface area contributed by atoms with E-state index in [2.05, 4.69) is 5.32 Å². The van der Waals surface area contributed by atoms with E-state index in [1.807, 2.05) is 31.2 Å². The molecule has 2 aliphatic heterocycles. The van der Waals surface area contributed by atoms with E-state index in [1.54, 1.807) is 9.80 Å². The van der Waals surface area contributed by atoms with E-state index >= 15 is 0 Å². The van der Waals surface area contributed by atoms with Crippen molar-refractivity contribution in [3.05, 3.63) is 29.8 Å². The fourth-order valence-electron chi connectivity index (χ4n) is 2.66. The van der Waals surface area contributed by atoms with Gasteiger partial charge in [-0.15, -0.1) is 0 Å². The first-order valence-corrected chi connectivity index (χ1v) is 6.52. The maximum atomic E-state index is 12.2. The minimum absolute atomic E-state index is 0.00430. The number of rotatable bonds is 1. The summed E-state index contributed by atoms with van der Waals surface area (Å²) < 4.78 is 0. The number of benzene rings is 1. The van der Waals surface area contributed by atoms with Gasteiger partial charge in [-0.1, -0.05) is 17.7 Å². The third-order valence-electron chi connectivity index (χ3n) is 3.76. The van der Waals surface area contributed by atoms with Gasteiger partial charge >= 0.3 is 0 Å². The molecule has 1 unspecified atom stereocenters. The van der Waals surface area contributed by atoms with Gasteiger partial charge in [0.15, 0.2) is 0 Å². The molecule has 2 amide bonds. The summed E-state index contributed by atoms with van der Waals surface area (Å²) in [6.07, 6.45) is 0. The molecule has 0 bridgehead atoms. The first-order valence-electron chi connectivity index (χ1n) is 6.52. The Balaban J connectivity index is 1.82. The number of carbonyl (C=O) groups excluding carboxylic acids is 2. The first-order chi connectivity index (χ1) is 9.15. The van der Waals surface area contributed by atoms with Crippen LogP contribution in [0.15, 0.2) is 24.3 Å². The van der Waals surface area contributed by atoms with Gasteiger partial charge in [0.25, 0.3) is 0 Å². The van der Waals surface area contributed by atoms with Gasteiger partial charge in [0.1, 0.15) is 6.54 Å². The Labute approximate surface area is 112 Å². The number of nitrogens with one attached hydrogen (secondary N) is 1. The summed E-state index contributed by atoms with van der Waals surface area (Å²) in [5, 5.41) is 3.10. The highest BCUT2D eigenvalue weighted by molar-refractivity contribution is 5.98. The van der Waals surface area contributed by atoms with Gasteiger partial charge in [0.2, 0.25) is 11.8 Å². The Morgan fingerprint density at radius 3 is 2.63 bits per heavy atom. The third-order valence-corrected chi connectivity index (χ3v) is 3.76. The van der Waals surface area contributed by atoms with Crippen molar-refractivity contribution < 1.29 is 9.59 Å². The van der Waals surface area contributed by atoms with Gasteiger partial charge in [0, 0.05) is 18.8 Å². The largest absolute Gasteiger partial charge is 0.326 e. The Morgan fingerprint density at radius 1 is 1.16 bits per heavy atom. The standard InChI is InChI=1S/C14H17N3O2/c1-10-2-4-11(5-3-10)16-8-12-6-15-7-13(18)17(12)9-14(16)19/h2-5,12,15H,6-9H2,1H3. The van der Waals surface area contributed by atoms with Crippen LogP contribution >= 0.6 is 0 Å². The fraction of sp³-hybridized carbons (Fsp3) is 0.429. The van der Waals surface area contributed by atoms with Gasteiger partial charge < -0.3 is 15.1 Å². The number of anilines is 1. The van der Waals surface area contributed by atoms with E-state index in [4.69, 9.17) is 0 Å². The van der Waals surface area contributed by atoms with Gasteiger partial charge in [-0.05, 0) is 19.1 Å². The van der Waals surface area contributed by atoms with Crippen LogP contribution < -0.4 is 10.2 Å². The Morgan fingerprint density at radius 2 is 1.89 bits per heavy atom. The molecule has 2 heterocycles. The van der Waals surface area contributed by atoms with Crippen molar-refractivity contribution in [1.82, 2.24) is 10.2 Å². The number of carbonyl (C=O) groups is 2. The predicted molar refractivity (Wildman–Crippen MR) is 71.9 cm³/mol. The molecule has 5 heteroatoms. The lowest BCUT2D eigenvalue weighted by Crippen LogP contribution is -2.65. The molecule has 1 atom stereocenters. The Hall–Kier alpha value is -1.88. The summed E-state index contributed by atoms with van der Waals surface area (Å²) >= 11 is 0. The smallest absolute Gasteiger partial charge is 0.246 e. The lowest BCUT2D eigenvalue weighted by atomic mass is 10.1.